The van der Waals surface area contributed by atoms with E-state index in [0.717, 1.165) is 10.9 Å². The number of pyridine rings is 1. The molecule has 1 N–H and O–H groups in total. The van der Waals surface area contributed by atoms with E-state index in [2.05, 4.69) is 4.98 Å². The topological polar surface area (TPSA) is 33.1 Å². The summed E-state index contributed by atoms with van der Waals surface area (Å²) in [5.74, 6) is 0.0235. The van der Waals surface area contributed by atoms with Gasteiger partial charge in [-0.05, 0) is 12.1 Å². The molecule has 13 heavy (non-hydrogen) atoms. The molecule has 68 valence electrons. The van der Waals surface area contributed by atoms with E-state index >= 15 is 0 Å². The lowest BCUT2D eigenvalue weighted by Gasteiger charge is -1.98. The normalized spacial score (nSPS) is 9.62. The predicted octanol–water partition coefficient (Wildman–Crippen LogP) is 3.23. The first-order chi connectivity index (χ1) is 5.77. The van der Waals surface area contributed by atoms with E-state index < -0.39 is 0 Å². The molecule has 1 heterocycles. The van der Waals surface area contributed by atoms with Gasteiger partial charge in [-0.1, -0.05) is 37.2 Å². The highest BCUT2D eigenvalue weighted by Crippen LogP contribution is 2.24. The third-order valence-corrected chi connectivity index (χ3v) is 1.94. The van der Waals surface area contributed by atoms with Crippen LogP contribution in [-0.4, -0.2) is 10.1 Å². The fourth-order valence-corrected chi connectivity index (χ4v) is 1.23. The fourth-order valence-electron chi connectivity index (χ4n) is 1.08. The molecule has 0 unspecified atom stereocenters. The molecule has 0 saturated carbocycles. The Labute approximate surface area is 81.8 Å². The number of fused-ring (bicyclic) bond motifs is 1. The Bertz CT molecular complexity index is 388. The van der Waals surface area contributed by atoms with Gasteiger partial charge in [-0.2, -0.15) is 0 Å². The summed E-state index contributed by atoms with van der Waals surface area (Å²) in [6, 6.07) is 9.09. The molecule has 3 heteroatoms. The Hall–Kier alpha value is -1.28. The van der Waals surface area contributed by atoms with Crippen LogP contribution in [0.5, 0.6) is 5.75 Å². The van der Waals surface area contributed by atoms with Gasteiger partial charge in [0.05, 0.1) is 5.52 Å². The van der Waals surface area contributed by atoms with Gasteiger partial charge in [0.1, 0.15) is 0 Å². The smallest absolute Gasteiger partial charge is 0.171 e. The van der Waals surface area contributed by atoms with Gasteiger partial charge in [0.2, 0.25) is 0 Å². The molecule has 0 saturated heterocycles. The molecule has 2 rings (SSSR count). The highest BCUT2D eigenvalue weighted by atomic mass is 35.5. The Morgan fingerprint density at radius 2 is 1.92 bits per heavy atom. The summed E-state index contributed by atoms with van der Waals surface area (Å²) in [7, 11) is 0. The third-order valence-electron chi connectivity index (χ3n) is 1.66. The zero-order valence-electron chi connectivity index (χ0n) is 6.16. The van der Waals surface area contributed by atoms with Crippen molar-refractivity contribution in [2.24, 2.45) is 0 Å². The van der Waals surface area contributed by atoms with Crippen molar-refractivity contribution in [2.75, 3.05) is 0 Å². The predicted molar refractivity (Wildman–Crippen MR) is 55.1 cm³/mol. The molecule has 0 aliphatic heterocycles. The van der Waals surface area contributed by atoms with Crippen molar-refractivity contribution in [3.63, 3.8) is 0 Å². The van der Waals surface area contributed by atoms with E-state index in [-0.39, 0.29) is 18.3 Å². The van der Waals surface area contributed by atoms with Crippen molar-refractivity contribution in [2.45, 2.75) is 7.43 Å². The molecule has 0 aliphatic carbocycles. The van der Waals surface area contributed by atoms with Crippen LogP contribution in [-0.2, 0) is 0 Å². The van der Waals surface area contributed by atoms with Crippen LogP contribution in [0.1, 0.15) is 7.43 Å². The number of para-hydroxylation sites is 1. The fraction of sp³-hybridized carbons (Fsp3) is 0.100. The zero-order chi connectivity index (χ0) is 8.55. The summed E-state index contributed by atoms with van der Waals surface area (Å²) in [5, 5.41) is 10.3. The lowest BCUT2D eigenvalue weighted by Crippen LogP contribution is -1.79. The first kappa shape index (κ1) is 9.81. The summed E-state index contributed by atoms with van der Waals surface area (Å²) in [6.45, 7) is 0. The highest BCUT2D eigenvalue weighted by molar-refractivity contribution is 6.31. The summed E-state index contributed by atoms with van der Waals surface area (Å²) in [5.41, 5.74) is 0.792. The number of benzene rings is 1. The Morgan fingerprint density at radius 3 is 2.69 bits per heavy atom. The van der Waals surface area contributed by atoms with E-state index in [1.54, 1.807) is 6.07 Å². The molecule has 0 amide bonds. The van der Waals surface area contributed by atoms with Crippen LogP contribution in [0.25, 0.3) is 10.9 Å². The van der Waals surface area contributed by atoms with Crippen LogP contribution >= 0.6 is 11.6 Å². The van der Waals surface area contributed by atoms with E-state index in [0.29, 0.717) is 0 Å². The number of nitrogens with zero attached hydrogens (tertiary/aromatic N) is 1. The number of hydrogen-bond acceptors (Lipinski definition) is 2. The Balaban J connectivity index is 0.000000845. The molecule has 0 spiro atoms. The first-order valence-corrected chi connectivity index (χ1v) is 3.89. The second-order valence-corrected chi connectivity index (χ2v) is 2.85. The van der Waals surface area contributed by atoms with Crippen LogP contribution in [0, 0.1) is 0 Å². The minimum Gasteiger partial charge on any atom is -0.505 e. The van der Waals surface area contributed by atoms with Gasteiger partial charge >= 0.3 is 0 Å². The second kappa shape index (κ2) is 3.62. The molecule has 2 aromatic rings. The average molecular weight is 196 g/mol. The Kier molecular flexibility index (Phi) is 2.73. The van der Waals surface area contributed by atoms with Crippen LogP contribution in [0.4, 0.5) is 0 Å². The largest absolute Gasteiger partial charge is 0.505 e. The summed E-state index contributed by atoms with van der Waals surface area (Å²) in [4.78, 5) is 3.99. The maximum absolute atomic E-state index is 9.22. The zero-order valence-corrected chi connectivity index (χ0v) is 6.92. The lowest BCUT2D eigenvalue weighted by atomic mass is 10.2. The Morgan fingerprint density at radius 1 is 1.23 bits per heavy atom. The van der Waals surface area contributed by atoms with Gasteiger partial charge in [0.25, 0.3) is 0 Å². The SMILES string of the molecule is C.Oc1cc2ccccc2nc1Cl. The number of hydrogen-bond donors (Lipinski definition) is 1. The summed E-state index contributed by atoms with van der Waals surface area (Å²) in [6.07, 6.45) is 0. The van der Waals surface area contributed by atoms with Crippen LogP contribution in [0.2, 0.25) is 5.15 Å². The monoisotopic (exact) mass is 195 g/mol. The third kappa shape index (κ3) is 1.73. The van der Waals surface area contributed by atoms with Gasteiger partial charge in [-0.25, -0.2) is 4.98 Å². The number of halogens is 1. The minimum atomic E-state index is 0. The molecule has 1 aromatic heterocycles. The molecule has 0 aliphatic rings. The van der Waals surface area contributed by atoms with Crippen LogP contribution in [0.15, 0.2) is 30.3 Å². The van der Waals surface area contributed by atoms with E-state index in [1.165, 1.54) is 0 Å². The first-order valence-electron chi connectivity index (χ1n) is 3.51. The molecule has 0 bridgehead atoms. The summed E-state index contributed by atoms with van der Waals surface area (Å²) < 4.78 is 0. The number of aromatic hydroxyl groups is 1. The maximum Gasteiger partial charge on any atom is 0.171 e. The van der Waals surface area contributed by atoms with Crippen molar-refractivity contribution < 1.29 is 5.11 Å². The highest BCUT2D eigenvalue weighted by Gasteiger charge is 2.00. The molecule has 0 atom stereocenters. The van der Waals surface area contributed by atoms with Crippen LogP contribution in [0.3, 0.4) is 0 Å². The molecular formula is C10H10ClNO. The van der Waals surface area contributed by atoms with Crippen molar-refractivity contribution in [3.05, 3.63) is 35.5 Å². The molecule has 2 nitrogen and oxygen atoms in total. The van der Waals surface area contributed by atoms with Gasteiger partial charge in [-0.3, -0.25) is 0 Å². The van der Waals surface area contributed by atoms with Crippen molar-refractivity contribution in [3.8, 4) is 5.75 Å². The quantitative estimate of drug-likeness (QED) is 0.655. The van der Waals surface area contributed by atoms with Gasteiger partial charge in [-0.15, -0.1) is 0 Å². The van der Waals surface area contributed by atoms with E-state index in [9.17, 15) is 5.11 Å². The minimum absolute atomic E-state index is 0. The maximum atomic E-state index is 9.22. The second-order valence-electron chi connectivity index (χ2n) is 2.49. The van der Waals surface area contributed by atoms with E-state index in [4.69, 9.17) is 11.6 Å². The molecule has 1 aromatic carbocycles. The van der Waals surface area contributed by atoms with Crippen molar-refractivity contribution in [1.82, 2.24) is 4.98 Å². The lowest BCUT2D eigenvalue weighted by molar-refractivity contribution is 0.474. The standard InChI is InChI=1S/C9H6ClNO.CH4/c10-9-8(12)5-6-3-1-2-4-7(6)11-9;/h1-5,12H;1H4. The van der Waals surface area contributed by atoms with Gasteiger partial charge < -0.3 is 5.11 Å². The van der Waals surface area contributed by atoms with Gasteiger partial charge in [0.15, 0.2) is 10.9 Å². The number of rotatable bonds is 0. The summed E-state index contributed by atoms with van der Waals surface area (Å²) >= 11 is 5.63. The van der Waals surface area contributed by atoms with E-state index in [1.807, 2.05) is 24.3 Å². The van der Waals surface area contributed by atoms with Gasteiger partial charge in [0, 0.05) is 5.39 Å². The average Bonchev–Trinajstić information content (AvgIpc) is 2.07. The van der Waals surface area contributed by atoms with Crippen molar-refractivity contribution in [1.29, 1.82) is 0 Å². The molecule has 0 radical (unpaired) electrons. The number of aromatic nitrogens is 1. The van der Waals surface area contributed by atoms with Crippen molar-refractivity contribution >= 4 is 22.5 Å². The molecule has 0 fully saturated rings. The molecular weight excluding hydrogens is 186 g/mol. The van der Waals surface area contributed by atoms with Crippen LogP contribution < -0.4 is 0 Å².